The first-order valence-corrected chi connectivity index (χ1v) is 10.5. The van der Waals surface area contributed by atoms with Crippen molar-refractivity contribution in [3.63, 3.8) is 0 Å². The fraction of sp³-hybridized carbons (Fsp3) is 0.200. The first-order valence-electron chi connectivity index (χ1n) is 10.5. The zero-order chi connectivity index (χ0) is 22.2. The van der Waals surface area contributed by atoms with Crippen LogP contribution in [0.1, 0.15) is 28.9 Å². The highest BCUT2D eigenvalue weighted by Gasteiger charge is 2.23. The Labute approximate surface area is 185 Å². The summed E-state index contributed by atoms with van der Waals surface area (Å²) in [6.07, 6.45) is 10.8. The summed E-state index contributed by atoms with van der Waals surface area (Å²) in [6.45, 7) is 1.64. The third-order valence-electron chi connectivity index (χ3n) is 6.00. The summed E-state index contributed by atoms with van der Waals surface area (Å²) in [7, 11) is 1.94. The Morgan fingerprint density at radius 2 is 1.75 bits per heavy atom. The maximum atomic E-state index is 12.8. The van der Waals surface area contributed by atoms with Gasteiger partial charge in [-0.3, -0.25) is 4.79 Å². The molecule has 1 aliphatic rings. The molecule has 7 heteroatoms. The minimum atomic E-state index is 0.0733. The van der Waals surface area contributed by atoms with Crippen molar-refractivity contribution in [2.45, 2.75) is 12.8 Å². The molecule has 1 amide bonds. The Morgan fingerprint density at radius 1 is 1.03 bits per heavy atom. The molecule has 4 aromatic rings. The lowest BCUT2D eigenvalue weighted by Crippen LogP contribution is -2.27. The zero-order valence-corrected chi connectivity index (χ0v) is 17.7. The lowest BCUT2D eigenvalue weighted by molar-refractivity contribution is 0.0793. The largest absolute Gasteiger partial charge is 0.383 e. The number of aryl methyl sites for hydroxylation is 1. The van der Waals surface area contributed by atoms with E-state index in [0.29, 0.717) is 17.1 Å². The second kappa shape index (κ2) is 7.82. The second-order valence-electron chi connectivity index (χ2n) is 7.89. The number of nitrogens with two attached hydrogens (primary N) is 1. The molecule has 0 spiro atoms. The fourth-order valence-electron chi connectivity index (χ4n) is 4.40. The lowest BCUT2D eigenvalue weighted by Gasteiger charge is -2.15. The van der Waals surface area contributed by atoms with Crippen molar-refractivity contribution in [3.05, 3.63) is 60.2 Å². The standard InChI is InChI=1S/C25H22N6O/c1-3-19-11-10-18(14-27-19)22-20(21-23(26)28-15-29-24(21)30(22)2)16-6-8-17(9-7-16)25(32)31-12-4-5-13-31/h1,6-11,14-15H,4-5,12-13H2,2H3,(H2,26,28,29). The van der Waals surface area contributed by atoms with E-state index in [4.69, 9.17) is 12.2 Å². The summed E-state index contributed by atoms with van der Waals surface area (Å²) < 4.78 is 1.98. The number of amides is 1. The van der Waals surface area contributed by atoms with Crippen LogP contribution >= 0.6 is 0 Å². The summed E-state index contributed by atoms with van der Waals surface area (Å²) in [5, 5.41) is 0.768. The maximum Gasteiger partial charge on any atom is 0.253 e. The van der Waals surface area contributed by atoms with Crippen LogP contribution in [0, 0.1) is 12.3 Å². The van der Waals surface area contributed by atoms with Gasteiger partial charge < -0.3 is 15.2 Å². The predicted octanol–water partition coefficient (Wildman–Crippen LogP) is 3.50. The quantitative estimate of drug-likeness (QED) is 0.511. The highest BCUT2D eigenvalue weighted by atomic mass is 16.2. The average Bonchev–Trinajstić information content (AvgIpc) is 3.47. The van der Waals surface area contributed by atoms with Crippen molar-refractivity contribution in [1.29, 1.82) is 0 Å². The van der Waals surface area contributed by atoms with Crippen LogP contribution in [-0.2, 0) is 7.05 Å². The normalized spacial score (nSPS) is 13.4. The summed E-state index contributed by atoms with van der Waals surface area (Å²) in [5.74, 6) is 3.02. The van der Waals surface area contributed by atoms with Crippen LogP contribution in [0.3, 0.4) is 0 Å². The SMILES string of the molecule is C#Cc1ccc(-c2c(-c3ccc(C(=O)N4CCCC4)cc3)c3c(N)ncnc3n2C)cn1. The molecule has 0 unspecified atom stereocenters. The van der Waals surface area contributed by atoms with E-state index in [1.165, 1.54) is 6.33 Å². The van der Waals surface area contributed by atoms with Gasteiger partial charge in [-0.2, -0.15) is 0 Å². The topological polar surface area (TPSA) is 89.9 Å². The number of rotatable bonds is 3. The summed E-state index contributed by atoms with van der Waals surface area (Å²) in [6, 6.07) is 11.4. The van der Waals surface area contributed by atoms with Gasteiger partial charge in [0.2, 0.25) is 0 Å². The van der Waals surface area contributed by atoms with Crippen LogP contribution in [0.5, 0.6) is 0 Å². The molecular formula is C25H22N6O. The first kappa shape index (κ1) is 19.8. The minimum absolute atomic E-state index is 0.0733. The summed E-state index contributed by atoms with van der Waals surface area (Å²) >= 11 is 0. The molecule has 3 aromatic heterocycles. The van der Waals surface area contributed by atoms with Crippen LogP contribution in [0.25, 0.3) is 33.4 Å². The third-order valence-corrected chi connectivity index (χ3v) is 6.00. The molecule has 4 heterocycles. The Morgan fingerprint density at radius 3 is 2.41 bits per heavy atom. The Balaban J connectivity index is 1.67. The molecule has 32 heavy (non-hydrogen) atoms. The number of hydrogen-bond acceptors (Lipinski definition) is 5. The molecule has 0 bridgehead atoms. The molecule has 0 radical (unpaired) electrons. The number of carbonyl (C=O) groups is 1. The Hall–Kier alpha value is -4.18. The van der Waals surface area contributed by atoms with Gasteiger partial charge in [-0.15, -0.1) is 6.42 Å². The van der Waals surface area contributed by atoms with Gasteiger partial charge in [-0.25, -0.2) is 15.0 Å². The van der Waals surface area contributed by atoms with Crippen molar-refractivity contribution in [2.75, 3.05) is 18.8 Å². The molecule has 1 aromatic carbocycles. The van der Waals surface area contributed by atoms with Crippen molar-refractivity contribution in [3.8, 4) is 34.7 Å². The van der Waals surface area contributed by atoms with Gasteiger partial charge in [0, 0.05) is 43.0 Å². The number of likely N-dealkylation sites (tertiary alicyclic amines) is 1. The lowest BCUT2D eigenvalue weighted by atomic mass is 9.98. The highest BCUT2D eigenvalue weighted by molar-refractivity contribution is 6.08. The van der Waals surface area contributed by atoms with Gasteiger partial charge in [-0.1, -0.05) is 18.1 Å². The molecule has 2 N–H and O–H groups in total. The average molecular weight is 422 g/mol. The number of hydrogen-bond donors (Lipinski definition) is 1. The van der Waals surface area contributed by atoms with E-state index in [1.807, 2.05) is 52.9 Å². The van der Waals surface area contributed by atoms with Gasteiger partial charge in [-0.05, 0) is 42.7 Å². The molecule has 7 nitrogen and oxygen atoms in total. The first-order chi connectivity index (χ1) is 15.6. The monoisotopic (exact) mass is 422 g/mol. The number of anilines is 1. The van der Waals surface area contributed by atoms with Crippen molar-refractivity contribution < 1.29 is 4.79 Å². The van der Waals surface area contributed by atoms with Crippen LogP contribution in [0.4, 0.5) is 5.82 Å². The minimum Gasteiger partial charge on any atom is -0.383 e. The second-order valence-corrected chi connectivity index (χ2v) is 7.89. The van der Waals surface area contributed by atoms with E-state index in [9.17, 15) is 4.79 Å². The zero-order valence-electron chi connectivity index (χ0n) is 17.7. The number of terminal acetylenes is 1. The number of aromatic nitrogens is 4. The van der Waals surface area contributed by atoms with E-state index in [0.717, 1.165) is 59.3 Å². The van der Waals surface area contributed by atoms with Crippen molar-refractivity contribution in [2.24, 2.45) is 7.05 Å². The molecule has 158 valence electrons. The number of benzene rings is 1. The van der Waals surface area contributed by atoms with Crippen molar-refractivity contribution in [1.82, 2.24) is 24.4 Å². The molecule has 0 saturated carbocycles. The van der Waals surface area contributed by atoms with Gasteiger partial charge in [0.05, 0.1) is 11.1 Å². The Kier molecular flexibility index (Phi) is 4.83. The highest BCUT2D eigenvalue weighted by Crippen LogP contribution is 2.41. The maximum absolute atomic E-state index is 12.8. The van der Waals surface area contributed by atoms with Crippen LogP contribution in [0.15, 0.2) is 48.9 Å². The number of pyridine rings is 1. The predicted molar refractivity (Wildman–Crippen MR) is 125 cm³/mol. The van der Waals surface area contributed by atoms with Gasteiger partial charge in [0.15, 0.2) is 0 Å². The molecule has 0 atom stereocenters. The number of nitrogen functional groups attached to an aromatic ring is 1. The van der Waals surface area contributed by atoms with Gasteiger partial charge in [0.25, 0.3) is 5.91 Å². The van der Waals surface area contributed by atoms with E-state index in [-0.39, 0.29) is 5.91 Å². The molecule has 1 fully saturated rings. The molecule has 0 aliphatic carbocycles. The van der Waals surface area contributed by atoms with Crippen LogP contribution in [0.2, 0.25) is 0 Å². The van der Waals surface area contributed by atoms with E-state index < -0.39 is 0 Å². The van der Waals surface area contributed by atoms with Crippen LogP contribution < -0.4 is 5.73 Å². The van der Waals surface area contributed by atoms with Gasteiger partial charge in [0.1, 0.15) is 23.5 Å². The molecule has 1 aliphatic heterocycles. The summed E-state index contributed by atoms with van der Waals surface area (Å²) in [5.41, 5.74) is 11.9. The van der Waals surface area contributed by atoms with Crippen LogP contribution in [-0.4, -0.2) is 43.4 Å². The summed E-state index contributed by atoms with van der Waals surface area (Å²) in [4.78, 5) is 27.7. The molecular weight excluding hydrogens is 400 g/mol. The van der Waals surface area contributed by atoms with Gasteiger partial charge >= 0.3 is 0 Å². The van der Waals surface area contributed by atoms with E-state index in [2.05, 4.69) is 20.9 Å². The number of fused-ring (bicyclic) bond motifs is 1. The number of nitrogens with zero attached hydrogens (tertiary/aromatic N) is 5. The van der Waals surface area contributed by atoms with E-state index in [1.54, 1.807) is 6.20 Å². The van der Waals surface area contributed by atoms with Crippen molar-refractivity contribution >= 4 is 22.8 Å². The fourth-order valence-corrected chi connectivity index (χ4v) is 4.40. The molecule has 5 rings (SSSR count). The smallest absolute Gasteiger partial charge is 0.253 e. The molecule has 1 saturated heterocycles. The Bertz CT molecular complexity index is 1360. The number of carbonyl (C=O) groups excluding carboxylic acids is 1. The van der Waals surface area contributed by atoms with E-state index >= 15 is 0 Å². The third kappa shape index (κ3) is 3.17.